The highest BCUT2D eigenvalue weighted by atomic mass is 19.3. The molecule has 1 aromatic heterocycles. The molecule has 0 aliphatic carbocycles. The van der Waals surface area contributed by atoms with E-state index in [1.807, 2.05) is 24.5 Å². The molecule has 2 N–H and O–H groups in total. The van der Waals surface area contributed by atoms with Crippen molar-refractivity contribution in [2.24, 2.45) is 5.41 Å². The number of nitrogens with zero attached hydrogens (tertiary/aromatic N) is 1. The maximum Gasteiger partial charge on any atom is 0.315 e. The van der Waals surface area contributed by atoms with Gasteiger partial charge in [-0.1, -0.05) is 26.8 Å². The third-order valence-corrected chi connectivity index (χ3v) is 7.03. The Kier molecular flexibility index (Phi) is 6.14. The van der Waals surface area contributed by atoms with E-state index in [1.165, 1.54) is 19.1 Å². The highest BCUT2D eigenvalue weighted by Gasteiger charge is 2.47. The molecule has 4 rings (SSSR count). The van der Waals surface area contributed by atoms with Crippen LogP contribution in [0, 0.1) is 11.2 Å². The summed E-state index contributed by atoms with van der Waals surface area (Å²) in [7, 11) is 0. The van der Waals surface area contributed by atoms with Gasteiger partial charge in [0.05, 0.1) is 18.2 Å². The van der Waals surface area contributed by atoms with Gasteiger partial charge in [-0.2, -0.15) is 0 Å². The number of hydrogen-bond acceptors (Lipinski definition) is 3. The third-order valence-electron chi connectivity index (χ3n) is 7.03. The van der Waals surface area contributed by atoms with Gasteiger partial charge in [0.15, 0.2) is 0 Å². The molecule has 0 bridgehead atoms. The van der Waals surface area contributed by atoms with Gasteiger partial charge in [0, 0.05) is 27.7 Å². The van der Waals surface area contributed by atoms with Crippen molar-refractivity contribution in [2.75, 3.05) is 6.61 Å². The highest BCUT2D eigenvalue weighted by molar-refractivity contribution is 5.93. The van der Waals surface area contributed by atoms with Gasteiger partial charge >= 0.3 is 5.97 Å². The van der Waals surface area contributed by atoms with Crippen LogP contribution in [-0.4, -0.2) is 33.8 Å². The second-order valence-electron chi connectivity index (χ2n) is 9.58. The number of hydrogen-bond donors (Lipinski definition) is 2. The molecule has 0 saturated heterocycles. The fourth-order valence-corrected chi connectivity index (χ4v) is 5.06. The van der Waals surface area contributed by atoms with Crippen LogP contribution in [0.15, 0.2) is 42.5 Å². The van der Waals surface area contributed by atoms with Gasteiger partial charge < -0.3 is 19.5 Å². The summed E-state index contributed by atoms with van der Waals surface area (Å²) in [4.78, 5) is 11.8. The molecule has 8 heteroatoms. The first kappa shape index (κ1) is 24.1. The van der Waals surface area contributed by atoms with Crippen LogP contribution >= 0.6 is 0 Å². The Morgan fingerprint density at radius 3 is 2.50 bits per heavy atom. The van der Waals surface area contributed by atoms with E-state index in [0.29, 0.717) is 22.2 Å². The fraction of sp³-hybridized carbons (Fsp3) is 0.423. The van der Waals surface area contributed by atoms with Gasteiger partial charge in [0.2, 0.25) is 0 Å². The van der Waals surface area contributed by atoms with Crippen molar-refractivity contribution >= 4 is 16.9 Å². The molecule has 3 aromatic rings. The highest BCUT2D eigenvalue weighted by Crippen LogP contribution is 2.50. The SMILES string of the molecule is CC[C@@](CC[C@H]1OCC(C)(C)c2c1c1c(O)cccc1n2-c1ccc(F)cc1)(C(=O)O)C(F)F. The standard InChI is InChI=1S/C26H28F3NO4/c1-4-26(23(28)29,24(32)33)13-12-19-21-20-17(6-5-7-18(20)31)30(16-10-8-15(27)9-11-16)22(21)25(2,3)14-34-19/h5-11,19,23,31H,4,12-14H2,1-3H3,(H,32,33)/t19-,26+/m1/s1. The van der Waals surface area contributed by atoms with E-state index in [-0.39, 0.29) is 37.4 Å². The molecule has 0 amide bonds. The normalized spacial score (nSPS) is 19.2. The van der Waals surface area contributed by atoms with Gasteiger partial charge in [-0.15, -0.1) is 0 Å². The maximum absolute atomic E-state index is 13.9. The van der Waals surface area contributed by atoms with Crippen LogP contribution in [0.3, 0.4) is 0 Å². The number of alkyl halides is 2. The summed E-state index contributed by atoms with van der Waals surface area (Å²) < 4.78 is 49.4. The minimum Gasteiger partial charge on any atom is -0.507 e. The number of aromatic hydroxyl groups is 1. The maximum atomic E-state index is 13.9. The van der Waals surface area contributed by atoms with E-state index < -0.39 is 29.3 Å². The number of carboxylic acid groups (broad SMARTS) is 1. The van der Waals surface area contributed by atoms with Crippen molar-refractivity contribution < 1.29 is 32.9 Å². The van der Waals surface area contributed by atoms with Crippen LogP contribution in [0.5, 0.6) is 5.75 Å². The molecule has 1 aliphatic heterocycles. The summed E-state index contributed by atoms with van der Waals surface area (Å²) in [6.45, 7) is 5.67. The number of aliphatic carboxylic acids is 1. The number of phenolic OH excluding ortho intramolecular Hbond substituents is 1. The van der Waals surface area contributed by atoms with Gasteiger partial charge in [0.25, 0.3) is 6.43 Å². The third kappa shape index (κ3) is 3.74. The smallest absolute Gasteiger partial charge is 0.315 e. The lowest BCUT2D eigenvalue weighted by atomic mass is 9.77. The van der Waals surface area contributed by atoms with Crippen molar-refractivity contribution in [3.05, 3.63) is 59.5 Å². The first-order chi connectivity index (χ1) is 16.0. The van der Waals surface area contributed by atoms with Crippen molar-refractivity contribution in [1.29, 1.82) is 0 Å². The predicted molar refractivity (Wildman–Crippen MR) is 122 cm³/mol. The fourth-order valence-electron chi connectivity index (χ4n) is 5.06. The van der Waals surface area contributed by atoms with Crippen LogP contribution in [0.1, 0.15) is 57.4 Å². The Morgan fingerprint density at radius 2 is 1.91 bits per heavy atom. The number of rotatable bonds is 7. The number of halogens is 3. The minimum atomic E-state index is -3.02. The van der Waals surface area contributed by atoms with E-state index in [0.717, 1.165) is 5.69 Å². The van der Waals surface area contributed by atoms with E-state index >= 15 is 0 Å². The molecule has 182 valence electrons. The molecule has 2 heterocycles. The second kappa shape index (κ2) is 8.65. The lowest BCUT2D eigenvalue weighted by Gasteiger charge is -2.38. The molecule has 0 saturated carbocycles. The van der Waals surface area contributed by atoms with Crippen molar-refractivity contribution in [2.45, 2.75) is 58.0 Å². The Morgan fingerprint density at radius 1 is 1.24 bits per heavy atom. The van der Waals surface area contributed by atoms with Crippen molar-refractivity contribution in [3.63, 3.8) is 0 Å². The largest absolute Gasteiger partial charge is 0.507 e. The molecule has 2 atom stereocenters. The Bertz CT molecular complexity index is 1220. The molecule has 34 heavy (non-hydrogen) atoms. The Hall–Kier alpha value is -3.00. The molecule has 0 fully saturated rings. The van der Waals surface area contributed by atoms with Crippen LogP contribution in [0.4, 0.5) is 13.2 Å². The quantitative estimate of drug-likeness (QED) is 0.418. The molecule has 5 nitrogen and oxygen atoms in total. The van der Waals surface area contributed by atoms with E-state index in [9.17, 15) is 28.2 Å². The minimum absolute atomic E-state index is 0.00904. The molecule has 2 aromatic carbocycles. The number of benzene rings is 2. The number of phenols is 1. The van der Waals surface area contributed by atoms with E-state index in [4.69, 9.17) is 4.74 Å². The average Bonchev–Trinajstić information content (AvgIpc) is 3.14. The lowest BCUT2D eigenvalue weighted by molar-refractivity contribution is -0.161. The number of ether oxygens (including phenoxy) is 1. The molecule has 1 aliphatic rings. The van der Waals surface area contributed by atoms with Gasteiger partial charge in [-0.3, -0.25) is 4.79 Å². The zero-order valence-corrected chi connectivity index (χ0v) is 19.3. The van der Waals surface area contributed by atoms with Crippen LogP contribution in [0.25, 0.3) is 16.6 Å². The summed E-state index contributed by atoms with van der Waals surface area (Å²) in [6, 6.07) is 11.1. The van der Waals surface area contributed by atoms with Crippen LogP contribution in [-0.2, 0) is 14.9 Å². The van der Waals surface area contributed by atoms with Crippen molar-refractivity contribution in [3.8, 4) is 11.4 Å². The Labute approximate surface area is 195 Å². The first-order valence-electron chi connectivity index (χ1n) is 11.3. The average molecular weight is 476 g/mol. The van der Waals surface area contributed by atoms with E-state index in [1.54, 1.807) is 24.3 Å². The van der Waals surface area contributed by atoms with Gasteiger partial charge in [-0.25, -0.2) is 13.2 Å². The Balaban J connectivity index is 1.91. The number of fused-ring (bicyclic) bond motifs is 3. The monoisotopic (exact) mass is 475 g/mol. The first-order valence-corrected chi connectivity index (χ1v) is 11.3. The molecular formula is C26H28F3NO4. The molecule has 0 radical (unpaired) electrons. The van der Waals surface area contributed by atoms with E-state index in [2.05, 4.69) is 0 Å². The summed E-state index contributed by atoms with van der Waals surface area (Å²) in [6.07, 6.45) is -4.16. The molecule has 0 unspecified atom stereocenters. The van der Waals surface area contributed by atoms with Crippen molar-refractivity contribution in [1.82, 2.24) is 4.57 Å². The summed E-state index contributed by atoms with van der Waals surface area (Å²) in [5, 5.41) is 20.9. The zero-order valence-electron chi connectivity index (χ0n) is 19.3. The summed E-state index contributed by atoms with van der Waals surface area (Å²) in [5.41, 5.74) is 0.137. The number of carboxylic acids is 1. The van der Waals surface area contributed by atoms with Gasteiger partial charge in [-0.05, 0) is 55.7 Å². The number of aromatic nitrogens is 1. The van der Waals surface area contributed by atoms with Crippen LogP contribution < -0.4 is 0 Å². The molecule has 0 spiro atoms. The topological polar surface area (TPSA) is 71.7 Å². The summed E-state index contributed by atoms with van der Waals surface area (Å²) in [5.74, 6) is -1.90. The van der Waals surface area contributed by atoms with Crippen LogP contribution in [0.2, 0.25) is 0 Å². The lowest BCUT2D eigenvalue weighted by Crippen LogP contribution is -2.39. The predicted octanol–water partition coefficient (Wildman–Crippen LogP) is 6.35. The van der Waals surface area contributed by atoms with Gasteiger partial charge in [0.1, 0.15) is 17.0 Å². The summed E-state index contributed by atoms with van der Waals surface area (Å²) >= 11 is 0. The second-order valence-corrected chi connectivity index (χ2v) is 9.58. The molecular weight excluding hydrogens is 447 g/mol. The zero-order chi connectivity index (χ0) is 24.8. The number of carbonyl (C=O) groups is 1.